The number of nitrogens with one attached hydrogen (secondary N) is 1. The van der Waals surface area contributed by atoms with Crippen LogP contribution in [-0.4, -0.2) is 43.8 Å². The number of amides is 2. The van der Waals surface area contributed by atoms with Crippen LogP contribution in [0.5, 0.6) is 11.5 Å². The molecule has 0 aromatic heterocycles. The van der Waals surface area contributed by atoms with Gasteiger partial charge in [-0.15, -0.1) is 0 Å². The fourth-order valence-electron chi connectivity index (χ4n) is 5.68. The number of anilines is 1. The number of sulfonamides is 1. The number of ether oxygens (including phenoxy) is 1. The lowest BCUT2D eigenvalue weighted by Crippen LogP contribution is -2.53. The van der Waals surface area contributed by atoms with Crippen molar-refractivity contribution in [3.8, 4) is 11.5 Å². The summed E-state index contributed by atoms with van der Waals surface area (Å²) < 4.78 is 35.4. The van der Waals surface area contributed by atoms with Gasteiger partial charge in [-0.1, -0.05) is 84.4 Å². The van der Waals surface area contributed by atoms with E-state index in [-0.39, 0.29) is 29.1 Å². The summed E-state index contributed by atoms with van der Waals surface area (Å²) >= 11 is 13.0. The minimum Gasteiger partial charge on any atom is -0.457 e. The van der Waals surface area contributed by atoms with E-state index >= 15 is 0 Å². The molecule has 5 rings (SSSR count). The van der Waals surface area contributed by atoms with Crippen LogP contribution < -0.4 is 14.4 Å². The molecule has 0 aliphatic heterocycles. The average Bonchev–Trinajstić information content (AvgIpc) is 3.08. The third-order valence-corrected chi connectivity index (χ3v) is 11.0. The normalized spacial score (nSPS) is 14.2. The molecule has 252 valence electrons. The SMILES string of the molecule is Cc1ccc(S(=O)(=O)N(CC(=O)N(Cc2c(Cl)cccc2Cl)C(C)C(=O)NC2CCCCC2)c2ccc(Oc3ccccc3)cc2)cc1. The molecule has 1 aliphatic carbocycles. The Bertz CT molecular complexity index is 1790. The molecule has 8 nitrogen and oxygen atoms in total. The Labute approximate surface area is 292 Å². The Balaban J connectivity index is 1.49. The second kappa shape index (κ2) is 15.9. The maximum atomic E-state index is 14.4. The molecule has 1 unspecified atom stereocenters. The lowest BCUT2D eigenvalue weighted by Gasteiger charge is -2.33. The minimum absolute atomic E-state index is 0.0181. The Morgan fingerprint density at radius 2 is 1.44 bits per heavy atom. The predicted octanol–water partition coefficient (Wildman–Crippen LogP) is 8.16. The van der Waals surface area contributed by atoms with Crippen LogP contribution in [0.1, 0.15) is 50.2 Å². The fraction of sp³-hybridized carbons (Fsp3) is 0.297. The molecule has 0 radical (unpaired) electrons. The van der Waals surface area contributed by atoms with Crippen LogP contribution in [0.15, 0.2) is 102 Å². The van der Waals surface area contributed by atoms with Gasteiger partial charge in [0.1, 0.15) is 24.1 Å². The number of halogens is 2. The van der Waals surface area contributed by atoms with Crippen LogP contribution in [0.2, 0.25) is 10.0 Å². The quantitative estimate of drug-likeness (QED) is 0.160. The second-order valence-electron chi connectivity index (χ2n) is 12.0. The molecule has 1 fully saturated rings. The van der Waals surface area contributed by atoms with Crippen LogP contribution in [-0.2, 0) is 26.2 Å². The molecule has 1 atom stereocenters. The summed E-state index contributed by atoms with van der Waals surface area (Å²) in [6, 6.07) is 26.2. The molecule has 11 heteroatoms. The number of hydrogen-bond donors (Lipinski definition) is 1. The van der Waals surface area contributed by atoms with E-state index in [0.29, 0.717) is 27.1 Å². The van der Waals surface area contributed by atoms with Crippen LogP contribution in [0, 0.1) is 6.92 Å². The zero-order valence-electron chi connectivity index (χ0n) is 26.9. The van der Waals surface area contributed by atoms with Crippen LogP contribution in [0.3, 0.4) is 0 Å². The van der Waals surface area contributed by atoms with Crippen molar-refractivity contribution in [2.45, 2.75) is 69.5 Å². The van der Waals surface area contributed by atoms with Crippen molar-refractivity contribution in [1.82, 2.24) is 10.2 Å². The summed E-state index contributed by atoms with van der Waals surface area (Å²) in [7, 11) is -4.24. The summed E-state index contributed by atoms with van der Waals surface area (Å²) in [5.74, 6) is 0.192. The zero-order chi connectivity index (χ0) is 34.3. The highest BCUT2D eigenvalue weighted by Gasteiger charge is 2.34. The number of benzene rings is 4. The van der Waals surface area contributed by atoms with Gasteiger partial charge in [0.25, 0.3) is 10.0 Å². The molecular weight excluding hydrogens is 669 g/mol. The predicted molar refractivity (Wildman–Crippen MR) is 190 cm³/mol. The third-order valence-electron chi connectivity index (χ3n) is 8.50. The van der Waals surface area contributed by atoms with Gasteiger partial charge in [-0.3, -0.25) is 13.9 Å². The second-order valence-corrected chi connectivity index (χ2v) is 14.7. The lowest BCUT2D eigenvalue weighted by molar-refractivity contribution is -0.139. The maximum absolute atomic E-state index is 14.4. The number of carbonyl (C=O) groups is 2. The van der Waals surface area contributed by atoms with Gasteiger partial charge in [-0.05, 0) is 87.4 Å². The average molecular weight is 709 g/mol. The number of rotatable bonds is 12. The molecule has 1 aliphatic rings. The highest BCUT2D eigenvalue weighted by Crippen LogP contribution is 2.30. The van der Waals surface area contributed by atoms with Gasteiger partial charge in [-0.25, -0.2) is 8.42 Å². The molecule has 4 aromatic carbocycles. The molecular formula is C37H39Cl2N3O5S. The van der Waals surface area contributed by atoms with Crippen molar-refractivity contribution in [3.05, 3.63) is 118 Å². The Morgan fingerprint density at radius 3 is 2.06 bits per heavy atom. The van der Waals surface area contributed by atoms with Gasteiger partial charge in [0.2, 0.25) is 11.8 Å². The van der Waals surface area contributed by atoms with Crippen molar-refractivity contribution < 1.29 is 22.7 Å². The molecule has 4 aromatic rings. The molecule has 0 heterocycles. The van der Waals surface area contributed by atoms with Gasteiger partial charge in [-0.2, -0.15) is 0 Å². The van der Waals surface area contributed by atoms with Gasteiger partial charge in [0.15, 0.2) is 0 Å². The van der Waals surface area contributed by atoms with Gasteiger partial charge in [0.05, 0.1) is 10.6 Å². The molecule has 0 bridgehead atoms. The fourth-order valence-corrected chi connectivity index (χ4v) is 7.61. The molecule has 1 saturated carbocycles. The van der Waals surface area contributed by atoms with Crippen molar-refractivity contribution in [2.24, 2.45) is 0 Å². The third kappa shape index (κ3) is 8.69. The lowest BCUT2D eigenvalue weighted by atomic mass is 9.95. The number of para-hydroxylation sites is 1. The smallest absolute Gasteiger partial charge is 0.264 e. The first-order valence-electron chi connectivity index (χ1n) is 16.0. The Kier molecular flexibility index (Phi) is 11.7. The first kappa shape index (κ1) is 35.3. The largest absolute Gasteiger partial charge is 0.457 e. The van der Waals surface area contributed by atoms with E-state index in [0.717, 1.165) is 42.0 Å². The van der Waals surface area contributed by atoms with E-state index in [4.69, 9.17) is 27.9 Å². The zero-order valence-corrected chi connectivity index (χ0v) is 29.3. The molecule has 48 heavy (non-hydrogen) atoms. The first-order valence-corrected chi connectivity index (χ1v) is 18.2. The van der Waals surface area contributed by atoms with Crippen LogP contribution in [0.25, 0.3) is 0 Å². The number of aryl methyl sites for hydroxylation is 1. The summed E-state index contributed by atoms with van der Waals surface area (Å²) in [6.45, 7) is 2.81. The minimum atomic E-state index is -4.24. The number of carbonyl (C=O) groups excluding carboxylic acids is 2. The topological polar surface area (TPSA) is 96.0 Å². The van der Waals surface area contributed by atoms with Crippen molar-refractivity contribution in [2.75, 3.05) is 10.8 Å². The monoisotopic (exact) mass is 707 g/mol. The van der Waals surface area contributed by atoms with E-state index in [2.05, 4.69) is 5.32 Å². The van der Waals surface area contributed by atoms with Crippen LogP contribution >= 0.6 is 23.2 Å². The van der Waals surface area contributed by atoms with E-state index in [1.54, 1.807) is 61.5 Å². The van der Waals surface area contributed by atoms with Gasteiger partial charge in [0, 0.05) is 28.2 Å². The maximum Gasteiger partial charge on any atom is 0.264 e. The van der Waals surface area contributed by atoms with E-state index in [9.17, 15) is 18.0 Å². The standard InChI is InChI=1S/C37H39Cl2N3O5S/c1-26-16-22-32(23-17-26)48(45,46)42(29-18-20-31(21-19-29)47-30-12-7-4-8-13-30)25-36(43)41(24-33-34(38)14-9-15-35(33)39)27(2)37(44)40-28-10-5-3-6-11-28/h4,7-9,12-23,27-28H,3,5-6,10-11,24-25H2,1-2H3,(H,40,44). The van der Waals surface area contributed by atoms with Crippen molar-refractivity contribution in [1.29, 1.82) is 0 Å². The van der Waals surface area contributed by atoms with E-state index in [1.807, 2.05) is 37.3 Å². The van der Waals surface area contributed by atoms with Crippen molar-refractivity contribution in [3.63, 3.8) is 0 Å². The molecule has 2 amide bonds. The van der Waals surface area contributed by atoms with Gasteiger partial charge < -0.3 is 15.0 Å². The van der Waals surface area contributed by atoms with E-state index < -0.39 is 28.5 Å². The first-order chi connectivity index (χ1) is 23.0. The van der Waals surface area contributed by atoms with Crippen LogP contribution in [0.4, 0.5) is 5.69 Å². The summed E-state index contributed by atoms with van der Waals surface area (Å²) in [4.78, 5) is 29.3. The number of nitrogens with zero attached hydrogens (tertiary/aromatic N) is 2. The molecule has 1 N–H and O–H groups in total. The highest BCUT2D eigenvalue weighted by molar-refractivity contribution is 7.92. The molecule has 0 spiro atoms. The number of hydrogen-bond acceptors (Lipinski definition) is 5. The molecule has 0 saturated heterocycles. The van der Waals surface area contributed by atoms with Crippen molar-refractivity contribution >= 4 is 50.7 Å². The Hall–Kier alpha value is -4.05. The summed E-state index contributed by atoms with van der Waals surface area (Å²) in [5, 5.41) is 3.76. The Morgan fingerprint density at radius 1 is 0.833 bits per heavy atom. The van der Waals surface area contributed by atoms with E-state index in [1.165, 1.54) is 17.0 Å². The highest BCUT2D eigenvalue weighted by atomic mass is 35.5. The van der Waals surface area contributed by atoms with Gasteiger partial charge >= 0.3 is 0 Å². The summed E-state index contributed by atoms with van der Waals surface area (Å²) in [6.07, 6.45) is 4.92. The summed E-state index contributed by atoms with van der Waals surface area (Å²) in [5.41, 5.74) is 1.60.